The Labute approximate surface area is 202 Å². The van der Waals surface area contributed by atoms with Crippen LogP contribution in [0.25, 0.3) is 0 Å². The maximum absolute atomic E-state index is 13.6. The minimum absolute atomic E-state index is 0.265. The van der Waals surface area contributed by atoms with Crippen molar-refractivity contribution in [3.8, 4) is 0 Å². The van der Waals surface area contributed by atoms with E-state index < -0.39 is 17.7 Å². The van der Waals surface area contributed by atoms with Gasteiger partial charge in [-0.1, -0.05) is 61.4 Å². The summed E-state index contributed by atoms with van der Waals surface area (Å²) in [6.07, 6.45) is 0.897. The van der Waals surface area contributed by atoms with Crippen molar-refractivity contribution in [2.45, 2.75) is 66.0 Å². The number of nitrogens with zero attached hydrogens (tertiary/aromatic N) is 1. The van der Waals surface area contributed by atoms with Crippen LogP contribution in [0, 0.1) is 13.8 Å². The van der Waals surface area contributed by atoms with Gasteiger partial charge in [0.05, 0.1) is 0 Å². The minimum Gasteiger partial charge on any atom is -0.444 e. The van der Waals surface area contributed by atoms with Crippen LogP contribution in [0.2, 0.25) is 0 Å². The van der Waals surface area contributed by atoms with Gasteiger partial charge in [-0.25, -0.2) is 4.79 Å². The summed E-state index contributed by atoms with van der Waals surface area (Å²) in [5, 5.41) is 5.52. The largest absolute Gasteiger partial charge is 0.444 e. The highest BCUT2D eigenvalue weighted by Gasteiger charge is 2.32. The van der Waals surface area contributed by atoms with E-state index in [1.165, 1.54) is 0 Å². The van der Waals surface area contributed by atoms with E-state index in [1.807, 2.05) is 69.3 Å². The third kappa shape index (κ3) is 8.21. The molecule has 3 amide bonds. The Morgan fingerprint density at radius 1 is 1.03 bits per heavy atom. The molecule has 1 unspecified atom stereocenters. The van der Waals surface area contributed by atoms with Gasteiger partial charge in [0.1, 0.15) is 18.2 Å². The van der Waals surface area contributed by atoms with Gasteiger partial charge in [-0.05, 0) is 58.2 Å². The quantitative estimate of drug-likeness (QED) is 0.535. The van der Waals surface area contributed by atoms with Crippen molar-refractivity contribution in [2.24, 2.45) is 0 Å². The average Bonchev–Trinajstić information content (AvgIpc) is 2.75. The molecule has 0 heterocycles. The predicted octanol–water partition coefficient (Wildman–Crippen LogP) is 5.14. The standard InChI is InChI=1S/C27H37N3O4/c1-7-8-16-30(23(31)18-28-26(33)34-27(4,5)6)24(21-14-11-12-19(2)17-21)25(32)29-22-15-10-9-13-20(22)3/h9-15,17,24H,7-8,16,18H2,1-6H3,(H,28,33)(H,29,32). The molecule has 0 saturated heterocycles. The monoisotopic (exact) mass is 467 g/mol. The number of ether oxygens (including phenoxy) is 1. The van der Waals surface area contributed by atoms with Crippen LogP contribution in [-0.2, 0) is 14.3 Å². The number of aryl methyl sites for hydroxylation is 2. The van der Waals surface area contributed by atoms with Gasteiger partial charge < -0.3 is 20.3 Å². The minimum atomic E-state index is -0.848. The number of amides is 3. The SMILES string of the molecule is CCCCN(C(=O)CNC(=O)OC(C)(C)C)C(C(=O)Nc1ccccc1C)c1cccc(C)c1. The van der Waals surface area contributed by atoms with Crippen molar-refractivity contribution in [1.29, 1.82) is 0 Å². The third-order valence-electron chi connectivity index (χ3n) is 5.18. The topological polar surface area (TPSA) is 87.7 Å². The fourth-order valence-corrected chi connectivity index (χ4v) is 3.52. The number of alkyl carbamates (subject to hydrolysis) is 1. The van der Waals surface area contributed by atoms with E-state index in [0.29, 0.717) is 17.8 Å². The summed E-state index contributed by atoms with van der Waals surface area (Å²) in [7, 11) is 0. The molecule has 7 nitrogen and oxygen atoms in total. The van der Waals surface area contributed by atoms with E-state index in [-0.39, 0.29) is 18.4 Å². The normalized spacial score (nSPS) is 11.9. The Morgan fingerprint density at radius 3 is 2.35 bits per heavy atom. The van der Waals surface area contributed by atoms with Crippen LogP contribution >= 0.6 is 0 Å². The van der Waals surface area contributed by atoms with Gasteiger partial charge in [-0.3, -0.25) is 9.59 Å². The fourth-order valence-electron chi connectivity index (χ4n) is 3.52. The van der Waals surface area contributed by atoms with Gasteiger partial charge in [-0.2, -0.15) is 0 Å². The van der Waals surface area contributed by atoms with Crippen molar-refractivity contribution in [3.05, 3.63) is 65.2 Å². The highest BCUT2D eigenvalue weighted by atomic mass is 16.6. The van der Waals surface area contributed by atoms with E-state index >= 15 is 0 Å². The van der Waals surface area contributed by atoms with Gasteiger partial charge >= 0.3 is 6.09 Å². The summed E-state index contributed by atoms with van der Waals surface area (Å²) in [4.78, 5) is 40.6. The molecule has 0 spiro atoms. The zero-order valence-corrected chi connectivity index (χ0v) is 21.1. The first-order chi connectivity index (χ1) is 16.0. The van der Waals surface area contributed by atoms with E-state index in [2.05, 4.69) is 10.6 Å². The lowest BCUT2D eigenvalue weighted by molar-refractivity contribution is -0.138. The molecule has 0 radical (unpaired) electrons. The molecule has 2 aromatic carbocycles. The maximum atomic E-state index is 13.6. The molecule has 0 bridgehead atoms. The summed E-state index contributed by atoms with van der Waals surface area (Å²) in [6.45, 7) is 11.3. The highest BCUT2D eigenvalue weighted by molar-refractivity contribution is 5.98. The van der Waals surface area contributed by atoms with Crippen molar-refractivity contribution in [2.75, 3.05) is 18.4 Å². The number of nitrogens with one attached hydrogen (secondary N) is 2. The summed E-state index contributed by atoms with van der Waals surface area (Å²) in [5.41, 5.74) is 2.65. The van der Waals surface area contributed by atoms with Crippen molar-refractivity contribution in [3.63, 3.8) is 0 Å². The first kappa shape index (κ1) is 26.9. The number of carbonyl (C=O) groups excluding carboxylic acids is 3. The number of anilines is 1. The van der Waals surface area contributed by atoms with Crippen molar-refractivity contribution >= 4 is 23.6 Å². The Morgan fingerprint density at radius 2 is 1.74 bits per heavy atom. The lowest BCUT2D eigenvalue weighted by Gasteiger charge is -2.32. The van der Waals surface area contributed by atoms with Gasteiger partial charge in [0.25, 0.3) is 5.91 Å². The van der Waals surface area contributed by atoms with Gasteiger partial charge in [-0.15, -0.1) is 0 Å². The molecular weight excluding hydrogens is 430 g/mol. The predicted molar refractivity (Wildman–Crippen MR) is 135 cm³/mol. The van der Waals surface area contributed by atoms with Crippen molar-refractivity contribution < 1.29 is 19.1 Å². The average molecular weight is 468 g/mol. The van der Waals surface area contributed by atoms with E-state index in [1.54, 1.807) is 25.7 Å². The summed E-state index contributed by atoms with van der Waals surface area (Å²) in [5.74, 6) is -0.660. The lowest BCUT2D eigenvalue weighted by atomic mass is 10.0. The molecule has 0 aromatic heterocycles. The maximum Gasteiger partial charge on any atom is 0.408 e. The second-order valence-electron chi connectivity index (χ2n) is 9.42. The number of carbonyl (C=O) groups is 3. The molecule has 7 heteroatoms. The van der Waals surface area contributed by atoms with E-state index in [0.717, 1.165) is 24.0 Å². The number of benzene rings is 2. The fraction of sp³-hybridized carbons (Fsp3) is 0.444. The van der Waals surface area contributed by atoms with Crippen LogP contribution in [0.5, 0.6) is 0 Å². The van der Waals surface area contributed by atoms with Crippen LogP contribution < -0.4 is 10.6 Å². The first-order valence-corrected chi connectivity index (χ1v) is 11.7. The third-order valence-corrected chi connectivity index (χ3v) is 5.18. The van der Waals surface area contributed by atoms with Gasteiger partial charge in [0.15, 0.2) is 0 Å². The number of rotatable bonds is 9. The molecule has 2 N–H and O–H groups in total. The molecule has 0 aliphatic carbocycles. The molecule has 2 aromatic rings. The Bertz CT molecular complexity index is 997. The molecule has 184 valence electrons. The molecule has 0 fully saturated rings. The smallest absolute Gasteiger partial charge is 0.408 e. The summed E-state index contributed by atoms with van der Waals surface area (Å²) in [6, 6.07) is 14.3. The van der Waals surface area contributed by atoms with Crippen LogP contribution in [0.15, 0.2) is 48.5 Å². The van der Waals surface area contributed by atoms with Gasteiger partial charge in [0, 0.05) is 12.2 Å². The van der Waals surface area contributed by atoms with Crippen molar-refractivity contribution in [1.82, 2.24) is 10.2 Å². The Kier molecular flexibility index (Phi) is 9.66. The van der Waals surface area contributed by atoms with Gasteiger partial charge in [0.2, 0.25) is 5.91 Å². The first-order valence-electron chi connectivity index (χ1n) is 11.7. The molecule has 34 heavy (non-hydrogen) atoms. The van der Waals surface area contributed by atoms with Crippen LogP contribution in [0.1, 0.15) is 63.3 Å². The Hall–Kier alpha value is -3.35. The number of para-hydroxylation sites is 1. The lowest BCUT2D eigenvalue weighted by Crippen LogP contribution is -2.47. The Balaban J connectivity index is 2.35. The summed E-state index contributed by atoms with van der Waals surface area (Å²) < 4.78 is 5.25. The molecule has 0 aliphatic rings. The molecule has 0 saturated carbocycles. The zero-order valence-electron chi connectivity index (χ0n) is 21.1. The van der Waals surface area contributed by atoms with E-state index in [9.17, 15) is 14.4 Å². The molecule has 0 aliphatic heterocycles. The van der Waals surface area contributed by atoms with E-state index in [4.69, 9.17) is 4.74 Å². The zero-order chi connectivity index (χ0) is 25.3. The molecule has 1 atom stereocenters. The number of hydrogen-bond donors (Lipinski definition) is 2. The second kappa shape index (κ2) is 12.2. The second-order valence-corrected chi connectivity index (χ2v) is 9.42. The van der Waals surface area contributed by atoms with Crippen LogP contribution in [-0.4, -0.2) is 41.5 Å². The van der Waals surface area contributed by atoms with Crippen LogP contribution in [0.3, 0.4) is 0 Å². The summed E-state index contributed by atoms with van der Waals surface area (Å²) >= 11 is 0. The molecular formula is C27H37N3O4. The number of hydrogen-bond acceptors (Lipinski definition) is 4. The van der Waals surface area contributed by atoms with Crippen LogP contribution in [0.4, 0.5) is 10.5 Å². The molecule has 2 rings (SSSR count). The number of unbranched alkanes of at least 4 members (excludes halogenated alkanes) is 1. The highest BCUT2D eigenvalue weighted by Crippen LogP contribution is 2.26.